The largest absolute Gasteiger partial charge is 0.467 e. The van der Waals surface area contributed by atoms with Crippen LogP contribution in [0.1, 0.15) is 31.2 Å². The van der Waals surface area contributed by atoms with E-state index in [1.165, 1.54) is 7.11 Å². The van der Waals surface area contributed by atoms with Crippen LogP contribution in [-0.4, -0.2) is 73.5 Å². The number of esters is 1. The second kappa shape index (κ2) is 13.0. The monoisotopic (exact) mass is 492 g/mol. The fourth-order valence-corrected chi connectivity index (χ4v) is 4.19. The molecule has 0 radical (unpaired) electrons. The van der Waals surface area contributed by atoms with Crippen LogP contribution in [0.4, 0.5) is 0 Å². The second-order valence-electron chi connectivity index (χ2n) is 8.45. The zero-order valence-electron chi connectivity index (χ0n) is 19.6. The highest BCUT2D eigenvalue weighted by Gasteiger charge is 2.42. The minimum atomic E-state index is -0.875. The molecule has 192 valence electrons. The molecule has 13 heteroatoms. The van der Waals surface area contributed by atoms with Gasteiger partial charge in [-0.2, -0.15) is 0 Å². The van der Waals surface area contributed by atoms with Crippen LogP contribution < -0.4 is 21.8 Å². The number of ether oxygens (including phenoxy) is 3. The van der Waals surface area contributed by atoms with Crippen LogP contribution in [0.25, 0.3) is 0 Å². The van der Waals surface area contributed by atoms with Gasteiger partial charge in [-0.3, -0.25) is 4.79 Å². The predicted molar refractivity (Wildman–Crippen MR) is 125 cm³/mol. The molecule has 3 rings (SSSR count). The quantitative estimate of drug-likeness (QED) is 0.0794. The summed E-state index contributed by atoms with van der Waals surface area (Å²) >= 11 is 0. The summed E-state index contributed by atoms with van der Waals surface area (Å²) in [6.45, 7) is 1.10. The van der Waals surface area contributed by atoms with Crippen LogP contribution in [0, 0.1) is 10.1 Å². The summed E-state index contributed by atoms with van der Waals surface area (Å²) < 4.78 is 16.7. The van der Waals surface area contributed by atoms with E-state index in [9.17, 15) is 19.7 Å². The average Bonchev–Trinajstić information content (AvgIpc) is 3.28. The Hall–Kier alpha value is -3.29. The summed E-state index contributed by atoms with van der Waals surface area (Å²) in [6.07, 6.45) is 1.62. The number of hydrogen-bond acceptors (Lipinski definition) is 9. The lowest BCUT2D eigenvalue weighted by Crippen LogP contribution is -2.50. The number of fused-ring (bicyclic) bond motifs is 1. The van der Waals surface area contributed by atoms with Gasteiger partial charge in [0.2, 0.25) is 5.91 Å². The molecule has 1 aromatic carbocycles. The molecule has 0 aliphatic carbocycles. The SMILES string of the molecule is COC(=O)[C@H](CCCN=C(N)N[N+](=O)[O-])NC(=O)[C@H]1C[C@H]2OC[C@H](OCc3ccccc3)C[C@H]2N1. The van der Waals surface area contributed by atoms with E-state index < -0.39 is 23.1 Å². The van der Waals surface area contributed by atoms with Gasteiger partial charge in [0.05, 0.1) is 38.6 Å². The Bertz CT molecular complexity index is 900. The molecule has 2 saturated heterocycles. The molecule has 0 bridgehead atoms. The number of hydrazine groups is 1. The lowest BCUT2D eigenvalue weighted by Gasteiger charge is -2.31. The molecule has 0 spiro atoms. The lowest BCUT2D eigenvalue weighted by molar-refractivity contribution is -0.525. The van der Waals surface area contributed by atoms with Crippen LogP contribution in [0.15, 0.2) is 35.3 Å². The standard InChI is InChI=1S/C22H32N6O7/c1-33-21(30)16(8-5-9-24-22(23)27-28(31)32)26-20(29)18-11-19-17(25-18)10-15(13-35-19)34-12-14-6-3-2-4-7-14/h2-4,6-7,15-19,25H,5,8-13H2,1H3,(H,26,29)(H3,23,24,27)/t15-,16+,17-,18-,19-/m1/s1. The van der Waals surface area contributed by atoms with Crippen molar-refractivity contribution in [2.24, 2.45) is 10.7 Å². The molecule has 0 unspecified atom stereocenters. The molecule has 0 aromatic heterocycles. The number of nitrogens with two attached hydrogens (primary N) is 1. The summed E-state index contributed by atoms with van der Waals surface area (Å²) in [5.74, 6) is -1.24. The van der Waals surface area contributed by atoms with E-state index in [0.717, 1.165) is 12.0 Å². The number of carbonyl (C=O) groups excluding carboxylic acids is 2. The maximum Gasteiger partial charge on any atom is 0.328 e. The number of methoxy groups -OCH3 is 1. The highest BCUT2D eigenvalue weighted by Crippen LogP contribution is 2.27. The molecular weight excluding hydrogens is 460 g/mol. The van der Waals surface area contributed by atoms with Crippen molar-refractivity contribution < 1.29 is 28.8 Å². The van der Waals surface area contributed by atoms with Gasteiger partial charge in [-0.15, -0.1) is 0 Å². The van der Waals surface area contributed by atoms with Gasteiger partial charge in [-0.05, 0) is 31.2 Å². The highest BCUT2D eigenvalue weighted by molar-refractivity contribution is 5.87. The van der Waals surface area contributed by atoms with Gasteiger partial charge in [-0.1, -0.05) is 35.8 Å². The molecule has 35 heavy (non-hydrogen) atoms. The number of nitrogens with zero attached hydrogens (tertiary/aromatic N) is 2. The lowest BCUT2D eigenvalue weighted by atomic mass is 10.0. The van der Waals surface area contributed by atoms with Gasteiger partial charge < -0.3 is 30.6 Å². The van der Waals surface area contributed by atoms with Crippen molar-refractivity contribution in [1.29, 1.82) is 0 Å². The van der Waals surface area contributed by atoms with Crippen LogP contribution >= 0.6 is 0 Å². The van der Waals surface area contributed by atoms with Gasteiger partial charge in [0.15, 0.2) is 5.03 Å². The van der Waals surface area contributed by atoms with E-state index in [1.807, 2.05) is 30.3 Å². The van der Waals surface area contributed by atoms with Crippen LogP contribution in [-0.2, 0) is 30.4 Å². The van der Waals surface area contributed by atoms with Gasteiger partial charge in [0.25, 0.3) is 5.96 Å². The van der Waals surface area contributed by atoms with Crippen LogP contribution in [0.5, 0.6) is 0 Å². The van der Waals surface area contributed by atoms with Crippen molar-refractivity contribution in [2.75, 3.05) is 20.3 Å². The van der Waals surface area contributed by atoms with Crippen molar-refractivity contribution in [2.45, 2.75) is 62.6 Å². The van der Waals surface area contributed by atoms with E-state index in [-0.39, 0.29) is 43.1 Å². The molecule has 2 aliphatic rings. The number of carbonyl (C=O) groups is 2. The minimum Gasteiger partial charge on any atom is -0.467 e. The molecule has 1 aromatic rings. The highest BCUT2D eigenvalue weighted by atomic mass is 16.7. The second-order valence-corrected chi connectivity index (χ2v) is 8.45. The normalized spacial score (nSPS) is 24.8. The van der Waals surface area contributed by atoms with Crippen molar-refractivity contribution in [3.63, 3.8) is 0 Å². The Morgan fingerprint density at radius 3 is 2.83 bits per heavy atom. The maximum atomic E-state index is 12.9. The summed E-state index contributed by atoms with van der Waals surface area (Å²) in [5.41, 5.74) is 8.19. The third-order valence-corrected chi connectivity index (χ3v) is 5.93. The third kappa shape index (κ3) is 8.16. The smallest absolute Gasteiger partial charge is 0.328 e. The first kappa shape index (κ1) is 26.3. The Morgan fingerprint density at radius 2 is 2.11 bits per heavy atom. The first-order valence-electron chi connectivity index (χ1n) is 11.5. The number of nitrogens with one attached hydrogen (secondary N) is 3. The van der Waals surface area contributed by atoms with E-state index in [4.69, 9.17) is 19.9 Å². The Morgan fingerprint density at radius 1 is 1.34 bits per heavy atom. The number of nitro groups is 1. The summed E-state index contributed by atoms with van der Waals surface area (Å²) in [6, 6.07) is 8.48. The van der Waals surface area contributed by atoms with Crippen molar-refractivity contribution >= 4 is 17.8 Å². The van der Waals surface area contributed by atoms with Crippen molar-refractivity contribution in [3.8, 4) is 0 Å². The van der Waals surface area contributed by atoms with E-state index in [1.54, 1.807) is 5.43 Å². The Labute approximate surface area is 202 Å². The summed E-state index contributed by atoms with van der Waals surface area (Å²) in [4.78, 5) is 39.2. The van der Waals surface area contributed by atoms with E-state index in [2.05, 4.69) is 15.6 Å². The Balaban J connectivity index is 1.45. The average molecular weight is 493 g/mol. The first-order valence-corrected chi connectivity index (χ1v) is 11.5. The van der Waals surface area contributed by atoms with E-state index in [0.29, 0.717) is 26.1 Å². The van der Waals surface area contributed by atoms with Gasteiger partial charge >= 0.3 is 5.97 Å². The minimum absolute atomic E-state index is 0.0248. The van der Waals surface area contributed by atoms with Crippen molar-refractivity contribution in [1.82, 2.24) is 16.1 Å². The molecular formula is C22H32N6O7. The van der Waals surface area contributed by atoms with Crippen LogP contribution in [0.3, 0.4) is 0 Å². The van der Waals surface area contributed by atoms with Gasteiger partial charge in [0, 0.05) is 12.6 Å². The number of benzene rings is 1. The molecule has 0 saturated carbocycles. The number of hydrogen-bond donors (Lipinski definition) is 4. The van der Waals surface area contributed by atoms with Gasteiger partial charge in [0.1, 0.15) is 6.04 Å². The molecule has 2 heterocycles. The molecule has 1 amide bonds. The Kier molecular flexibility index (Phi) is 9.76. The van der Waals surface area contributed by atoms with E-state index >= 15 is 0 Å². The molecule has 5 N–H and O–H groups in total. The number of rotatable bonds is 11. The number of aliphatic imine (C=N–C) groups is 1. The molecule has 13 nitrogen and oxygen atoms in total. The van der Waals surface area contributed by atoms with Crippen LogP contribution in [0.2, 0.25) is 0 Å². The van der Waals surface area contributed by atoms with Gasteiger partial charge in [-0.25, -0.2) is 19.9 Å². The zero-order chi connectivity index (χ0) is 25.2. The van der Waals surface area contributed by atoms with Crippen molar-refractivity contribution in [3.05, 3.63) is 46.0 Å². The third-order valence-electron chi connectivity index (χ3n) is 5.93. The number of guanidine groups is 1. The zero-order valence-corrected chi connectivity index (χ0v) is 19.6. The molecule has 2 fully saturated rings. The summed E-state index contributed by atoms with van der Waals surface area (Å²) in [5, 5.41) is 15.6. The maximum absolute atomic E-state index is 12.9. The molecule has 5 atom stereocenters. The predicted octanol–water partition coefficient (Wildman–Crippen LogP) is -0.375. The number of amides is 1. The summed E-state index contributed by atoms with van der Waals surface area (Å²) in [7, 11) is 1.24. The first-order chi connectivity index (χ1) is 16.9. The molecule has 2 aliphatic heterocycles. The topological polar surface area (TPSA) is 179 Å². The fraction of sp³-hybridized carbons (Fsp3) is 0.591. The fourth-order valence-electron chi connectivity index (χ4n) is 4.19.